The van der Waals surface area contributed by atoms with Crippen LogP contribution < -0.4 is 4.72 Å². The summed E-state index contributed by atoms with van der Waals surface area (Å²) < 4.78 is 29.0. The van der Waals surface area contributed by atoms with Gasteiger partial charge in [-0.25, -0.2) is 18.4 Å². The topological polar surface area (TPSA) is 76.9 Å². The van der Waals surface area contributed by atoms with Gasteiger partial charge < -0.3 is 0 Å². The Labute approximate surface area is 146 Å². The molecular formula is C13H10Cl2N4O2S2. The maximum Gasteiger partial charge on any atom is 0.271 e. The first-order valence-electron chi connectivity index (χ1n) is 6.30. The van der Waals surface area contributed by atoms with Crippen molar-refractivity contribution < 1.29 is 8.42 Å². The molecule has 0 bridgehead atoms. The molecule has 0 radical (unpaired) electrons. The highest BCUT2D eigenvalue weighted by molar-refractivity contribution is 7.94. The Bertz CT molecular complexity index is 929. The first-order valence-corrected chi connectivity index (χ1v) is 9.35. The van der Waals surface area contributed by atoms with E-state index in [0.29, 0.717) is 11.5 Å². The summed E-state index contributed by atoms with van der Waals surface area (Å²) in [6.45, 7) is 1.87. The molecular weight excluding hydrogens is 379 g/mol. The number of imidazole rings is 1. The van der Waals surface area contributed by atoms with Crippen LogP contribution in [0.5, 0.6) is 0 Å². The molecule has 0 spiro atoms. The van der Waals surface area contributed by atoms with Gasteiger partial charge in [0.2, 0.25) is 0 Å². The van der Waals surface area contributed by atoms with Gasteiger partial charge in [0.15, 0.2) is 0 Å². The van der Waals surface area contributed by atoms with E-state index >= 15 is 0 Å². The van der Waals surface area contributed by atoms with E-state index in [1.54, 1.807) is 23.0 Å². The van der Waals surface area contributed by atoms with Gasteiger partial charge in [0.25, 0.3) is 10.0 Å². The van der Waals surface area contributed by atoms with Crippen molar-refractivity contribution in [2.24, 2.45) is 0 Å². The minimum Gasteiger partial charge on any atom is -0.290 e. The third kappa shape index (κ3) is 3.50. The van der Waals surface area contributed by atoms with E-state index in [2.05, 4.69) is 14.7 Å². The van der Waals surface area contributed by atoms with Crippen LogP contribution in [0.1, 0.15) is 5.69 Å². The summed E-state index contributed by atoms with van der Waals surface area (Å²) in [6, 6.07) is 4.62. The van der Waals surface area contributed by atoms with Crippen LogP contribution in [0.2, 0.25) is 9.36 Å². The number of aromatic nitrogens is 3. The molecule has 0 fully saturated rings. The molecule has 1 N–H and O–H groups in total. The lowest BCUT2D eigenvalue weighted by Gasteiger charge is -2.07. The number of sulfonamides is 1. The Morgan fingerprint density at radius 2 is 2.04 bits per heavy atom. The molecule has 0 aromatic carbocycles. The number of nitrogens with zero attached hydrogens (tertiary/aromatic N) is 3. The van der Waals surface area contributed by atoms with Gasteiger partial charge >= 0.3 is 0 Å². The van der Waals surface area contributed by atoms with Crippen LogP contribution in [0.3, 0.4) is 0 Å². The smallest absolute Gasteiger partial charge is 0.271 e. The van der Waals surface area contributed by atoms with Gasteiger partial charge in [0, 0.05) is 6.20 Å². The molecule has 3 aromatic rings. The molecule has 10 heteroatoms. The number of hydrogen-bond acceptors (Lipinski definition) is 5. The number of hydrogen-bond donors (Lipinski definition) is 1. The number of aryl methyl sites for hydroxylation is 1. The largest absolute Gasteiger partial charge is 0.290 e. The molecule has 0 unspecified atom stereocenters. The van der Waals surface area contributed by atoms with Crippen molar-refractivity contribution in [1.29, 1.82) is 0 Å². The number of nitrogens with one attached hydrogen (secondary N) is 1. The zero-order valence-electron chi connectivity index (χ0n) is 11.7. The second-order valence-corrected chi connectivity index (χ2v) is 8.59. The zero-order chi connectivity index (χ0) is 16.6. The number of anilines is 1. The van der Waals surface area contributed by atoms with Gasteiger partial charge in [-0.1, -0.05) is 23.2 Å². The molecule has 6 nitrogen and oxygen atoms in total. The van der Waals surface area contributed by atoms with E-state index in [0.717, 1.165) is 17.0 Å². The van der Waals surface area contributed by atoms with Crippen molar-refractivity contribution >= 4 is 50.2 Å². The van der Waals surface area contributed by atoms with Crippen LogP contribution >= 0.6 is 34.5 Å². The first-order chi connectivity index (χ1) is 10.8. The first kappa shape index (κ1) is 16.3. The zero-order valence-corrected chi connectivity index (χ0v) is 14.8. The minimum absolute atomic E-state index is 0.0433. The summed E-state index contributed by atoms with van der Waals surface area (Å²) in [5, 5.41) is 0.209. The third-order valence-corrected chi connectivity index (χ3v) is 6.58. The van der Waals surface area contributed by atoms with Crippen molar-refractivity contribution in [3.8, 4) is 5.82 Å². The van der Waals surface area contributed by atoms with Gasteiger partial charge in [-0.2, -0.15) is 0 Å². The molecule has 3 heterocycles. The highest BCUT2D eigenvalue weighted by Crippen LogP contribution is 2.34. The Kier molecular flexibility index (Phi) is 4.33. The molecule has 0 atom stereocenters. The van der Waals surface area contributed by atoms with Crippen molar-refractivity contribution in [2.75, 3.05) is 4.72 Å². The van der Waals surface area contributed by atoms with E-state index < -0.39 is 10.0 Å². The van der Waals surface area contributed by atoms with Crippen molar-refractivity contribution in [3.05, 3.63) is 52.0 Å². The van der Waals surface area contributed by atoms with Crippen LogP contribution in [0, 0.1) is 6.92 Å². The molecule has 0 aliphatic heterocycles. The second kappa shape index (κ2) is 6.12. The number of pyridine rings is 1. The molecule has 0 amide bonds. The van der Waals surface area contributed by atoms with Crippen LogP contribution in [-0.4, -0.2) is 23.0 Å². The van der Waals surface area contributed by atoms with Gasteiger partial charge in [-0.3, -0.25) is 9.29 Å². The number of rotatable bonds is 4. The summed E-state index contributed by atoms with van der Waals surface area (Å²) in [6.07, 6.45) is 4.89. The van der Waals surface area contributed by atoms with E-state index in [1.165, 1.54) is 12.3 Å². The normalized spacial score (nSPS) is 11.6. The maximum absolute atomic E-state index is 12.3. The van der Waals surface area contributed by atoms with Crippen molar-refractivity contribution in [3.63, 3.8) is 0 Å². The lowest BCUT2D eigenvalue weighted by atomic mass is 10.4. The van der Waals surface area contributed by atoms with E-state index in [4.69, 9.17) is 23.2 Å². The Balaban J connectivity index is 1.83. The summed E-state index contributed by atoms with van der Waals surface area (Å²) in [7, 11) is -3.75. The number of thiophene rings is 1. The van der Waals surface area contributed by atoms with Crippen molar-refractivity contribution in [1.82, 2.24) is 14.5 Å². The van der Waals surface area contributed by atoms with Crippen molar-refractivity contribution in [2.45, 2.75) is 11.1 Å². The molecule has 0 aliphatic rings. The SMILES string of the molecule is Cc1cn(-c2ccc(NS(=O)(=O)c3cc(Cl)c(Cl)s3)cn2)cn1. The Morgan fingerprint density at radius 1 is 1.26 bits per heavy atom. The average molecular weight is 389 g/mol. The van der Waals surface area contributed by atoms with E-state index in [-0.39, 0.29) is 13.6 Å². The average Bonchev–Trinajstić information content (AvgIpc) is 3.07. The fraction of sp³-hybridized carbons (Fsp3) is 0.0769. The maximum atomic E-state index is 12.3. The predicted octanol–water partition coefficient (Wildman–Crippen LogP) is 3.74. The minimum atomic E-state index is -3.75. The summed E-state index contributed by atoms with van der Waals surface area (Å²) in [5.41, 5.74) is 1.20. The quantitative estimate of drug-likeness (QED) is 0.738. The lowest BCUT2D eigenvalue weighted by Crippen LogP contribution is -2.11. The van der Waals surface area contributed by atoms with Gasteiger partial charge in [0.05, 0.1) is 22.6 Å². The molecule has 0 saturated carbocycles. The van der Waals surface area contributed by atoms with Crippen LogP contribution in [0.4, 0.5) is 5.69 Å². The van der Waals surface area contributed by atoms with E-state index in [9.17, 15) is 8.42 Å². The second-order valence-electron chi connectivity index (χ2n) is 4.62. The third-order valence-electron chi connectivity index (χ3n) is 2.86. The monoisotopic (exact) mass is 388 g/mol. The molecule has 0 saturated heterocycles. The fourth-order valence-electron chi connectivity index (χ4n) is 1.81. The molecule has 0 aliphatic carbocycles. The summed E-state index contributed by atoms with van der Waals surface area (Å²) in [4.78, 5) is 8.32. The fourth-order valence-corrected chi connectivity index (χ4v) is 4.73. The highest BCUT2D eigenvalue weighted by atomic mass is 35.5. The molecule has 23 heavy (non-hydrogen) atoms. The lowest BCUT2D eigenvalue weighted by molar-refractivity contribution is 0.603. The number of halogens is 2. The van der Waals surface area contributed by atoms with Gasteiger partial charge in [0.1, 0.15) is 20.7 Å². The van der Waals surface area contributed by atoms with Crippen LogP contribution in [0.25, 0.3) is 5.82 Å². The van der Waals surface area contributed by atoms with Crippen LogP contribution in [-0.2, 0) is 10.0 Å². The molecule has 3 aromatic heterocycles. The van der Waals surface area contributed by atoms with Crippen LogP contribution in [0.15, 0.2) is 41.1 Å². The van der Waals surface area contributed by atoms with E-state index in [1.807, 2.05) is 13.1 Å². The standard InChI is InChI=1S/C13H10Cl2N4O2S2/c1-8-6-19(7-17-8)11-3-2-9(5-16-11)18-23(20,21)12-4-10(14)13(15)22-12/h2-7,18H,1H3. The summed E-state index contributed by atoms with van der Waals surface area (Å²) in [5.74, 6) is 0.635. The van der Waals surface area contributed by atoms with Gasteiger partial charge in [-0.15, -0.1) is 11.3 Å². The van der Waals surface area contributed by atoms with Gasteiger partial charge in [-0.05, 0) is 25.1 Å². The predicted molar refractivity (Wildman–Crippen MR) is 91.2 cm³/mol. The Hall–Kier alpha value is -1.61. The Morgan fingerprint density at radius 3 is 2.57 bits per heavy atom. The molecule has 3 rings (SSSR count). The summed E-state index contributed by atoms with van der Waals surface area (Å²) >= 11 is 12.5. The molecule has 120 valence electrons. The highest BCUT2D eigenvalue weighted by Gasteiger charge is 2.19.